The predicted octanol–water partition coefficient (Wildman–Crippen LogP) is 1.74. The maximum atomic E-state index is 3.96. The molecule has 0 aromatic carbocycles. The fourth-order valence-corrected chi connectivity index (χ4v) is 0.751. The van der Waals surface area contributed by atoms with Crippen molar-refractivity contribution >= 4 is 26.3 Å². The van der Waals surface area contributed by atoms with Gasteiger partial charge in [-0.3, -0.25) is 4.99 Å². The molecule has 2 heteroatoms. The van der Waals surface area contributed by atoms with E-state index in [1.165, 1.54) is 3.72 Å². The van der Waals surface area contributed by atoms with Crippen LogP contribution >= 0.6 is 22.6 Å². The highest BCUT2D eigenvalue weighted by Gasteiger charge is 1.90. The molecule has 0 aliphatic carbocycles. The van der Waals surface area contributed by atoms with Crippen LogP contribution in [-0.2, 0) is 0 Å². The summed E-state index contributed by atoms with van der Waals surface area (Å²) in [4.78, 5) is 3.96. The van der Waals surface area contributed by atoms with Crippen molar-refractivity contribution in [3.05, 3.63) is 12.3 Å². The van der Waals surface area contributed by atoms with Gasteiger partial charge in [-0.2, -0.15) is 0 Å². The van der Waals surface area contributed by atoms with E-state index in [-0.39, 0.29) is 0 Å². The number of allylic oxidation sites excluding steroid dienone is 1. The molecule has 0 radical (unpaired) electrons. The molecule has 0 atom stereocenters. The van der Waals surface area contributed by atoms with Crippen molar-refractivity contribution in [3.63, 3.8) is 0 Å². The highest BCUT2D eigenvalue weighted by atomic mass is 127. The molecule has 0 amide bonds. The first-order valence-corrected chi connectivity index (χ1v) is 2.84. The number of rotatable bonds is 0. The zero-order valence-corrected chi connectivity index (χ0v) is 5.34. The summed E-state index contributed by atoms with van der Waals surface area (Å²) in [5.41, 5.74) is 0. The summed E-state index contributed by atoms with van der Waals surface area (Å²) in [6.45, 7) is 0. The summed E-state index contributed by atoms with van der Waals surface area (Å²) >= 11 is 2.22. The minimum Gasteiger partial charge on any atom is -0.255 e. The molecule has 6 heavy (non-hydrogen) atoms. The van der Waals surface area contributed by atoms with Crippen LogP contribution in [0.15, 0.2) is 17.3 Å². The van der Waals surface area contributed by atoms with Crippen molar-refractivity contribution in [1.82, 2.24) is 0 Å². The fourth-order valence-electron chi connectivity index (χ4n) is 0.336. The second kappa shape index (κ2) is 1.73. The monoisotopic (exact) mass is 193 g/mol. The topological polar surface area (TPSA) is 12.4 Å². The second-order valence-electron chi connectivity index (χ2n) is 1.09. The Morgan fingerprint density at radius 3 is 2.83 bits per heavy atom. The number of halogens is 1. The van der Waals surface area contributed by atoms with E-state index in [1.54, 1.807) is 0 Å². The Bertz CT molecular complexity index is 104. The van der Waals surface area contributed by atoms with Crippen molar-refractivity contribution in [2.45, 2.75) is 6.42 Å². The molecule has 0 fully saturated rings. The first kappa shape index (κ1) is 4.30. The standard InChI is InChI=1S/C4H4IN/c5-4-2-1-3-6-4/h1,3H,2H2. The molecule has 32 valence electrons. The summed E-state index contributed by atoms with van der Waals surface area (Å²) in [7, 11) is 0. The van der Waals surface area contributed by atoms with Crippen molar-refractivity contribution in [3.8, 4) is 0 Å². The smallest absolute Gasteiger partial charge is 0.0821 e. The van der Waals surface area contributed by atoms with Gasteiger partial charge in [0, 0.05) is 12.6 Å². The lowest BCUT2D eigenvalue weighted by Gasteiger charge is -1.73. The Labute approximate surface area is 50.3 Å². The van der Waals surface area contributed by atoms with Crippen molar-refractivity contribution in [1.29, 1.82) is 0 Å². The van der Waals surface area contributed by atoms with Crippen LogP contribution in [-0.4, -0.2) is 3.72 Å². The molecule has 1 aliphatic rings. The molecule has 0 saturated heterocycles. The van der Waals surface area contributed by atoms with Gasteiger partial charge in [-0.05, 0) is 22.6 Å². The predicted molar refractivity (Wildman–Crippen MR) is 35.2 cm³/mol. The van der Waals surface area contributed by atoms with Gasteiger partial charge in [0.2, 0.25) is 0 Å². The lowest BCUT2D eigenvalue weighted by molar-refractivity contribution is 1.60. The molecule has 1 rings (SSSR count). The average molecular weight is 193 g/mol. The van der Waals surface area contributed by atoms with Crippen LogP contribution in [0.1, 0.15) is 6.42 Å². The molecular weight excluding hydrogens is 189 g/mol. The highest BCUT2D eigenvalue weighted by molar-refractivity contribution is 14.1. The van der Waals surface area contributed by atoms with E-state index < -0.39 is 0 Å². The first-order valence-electron chi connectivity index (χ1n) is 1.77. The molecule has 1 heterocycles. The third-order valence-electron chi connectivity index (χ3n) is 0.606. The number of aliphatic imine (C=N–C) groups is 1. The summed E-state index contributed by atoms with van der Waals surface area (Å²) in [5, 5.41) is 0. The third-order valence-corrected chi connectivity index (χ3v) is 1.33. The quantitative estimate of drug-likeness (QED) is 0.519. The second-order valence-corrected chi connectivity index (χ2v) is 2.34. The Hall–Kier alpha value is 0.140. The highest BCUT2D eigenvalue weighted by Crippen LogP contribution is 2.04. The van der Waals surface area contributed by atoms with Gasteiger partial charge in [-0.25, -0.2) is 0 Å². The molecule has 0 unspecified atom stereocenters. The minimum atomic E-state index is 1.04. The van der Waals surface area contributed by atoms with Gasteiger partial charge < -0.3 is 0 Å². The molecule has 0 bridgehead atoms. The van der Waals surface area contributed by atoms with Crippen LogP contribution < -0.4 is 0 Å². The molecule has 0 aromatic rings. The van der Waals surface area contributed by atoms with Gasteiger partial charge in [0.25, 0.3) is 0 Å². The number of hydrogen-bond acceptors (Lipinski definition) is 1. The van der Waals surface area contributed by atoms with Crippen molar-refractivity contribution < 1.29 is 0 Å². The van der Waals surface area contributed by atoms with Crippen LogP contribution in [0.25, 0.3) is 0 Å². The lowest BCUT2D eigenvalue weighted by Crippen LogP contribution is -1.70. The number of hydrogen-bond donors (Lipinski definition) is 0. The van der Waals surface area contributed by atoms with Gasteiger partial charge >= 0.3 is 0 Å². The summed E-state index contributed by atoms with van der Waals surface area (Å²) in [6, 6.07) is 0. The largest absolute Gasteiger partial charge is 0.255 e. The van der Waals surface area contributed by atoms with E-state index >= 15 is 0 Å². The minimum absolute atomic E-state index is 1.04. The normalized spacial score (nSPS) is 18.5. The van der Waals surface area contributed by atoms with Gasteiger partial charge in [0.15, 0.2) is 0 Å². The lowest BCUT2D eigenvalue weighted by atomic mass is 10.5. The third kappa shape index (κ3) is 0.801. The van der Waals surface area contributed by atoms with Crippen LogP contribution in [0.2, 0.25) is 0 Å². The van der Waals surface area contributed by atoms with E-state index in [4.69, 9.17) is 0 Å². The fraction of sp³-hybridized carbons (Fsp3) is 0.250. The first-order chi connectivity index (χ1) is 2.89. The van der Waals surface area contributed by atoms with Gasteiger partial charge in [0.05, 0.1) is 3.72 Å². The average Bonchev–Trinajstić information content (AvgIpc) is 1.86. The van der Waals surface area contributed by atoms with Gasteiger partial charge in [-0.1, -0.05) is 6.08 Å². The molecule has 1 nitrogen and oxygen atoms in total. The van der Waals surface area contributed by atoms with Crippen molar-refractivity contribution in [2.75, 3.05) is 0 Å². The Kier molecular flexibility index (Phi) is 1.24. The summed E-state index contributed by atoms with van der Waals surface area (Å²) < 4.78 is 1.19. The van der Waals surface area contributed by atoms with Crippen LogP contribution in [0, 0.1) is 0 Å². The van der Waals surface area contributed by atoms with Gasteiger partial charge in [-0.15, -0.1) is 0 Å². The maximum absolute atomic E-state index is 3.96. The number of nitrogens with zero attached hydrogens (tertiary/aromatic N) is 1. The SMILES string of the molecule is IC1=NC=CC1. The van der Waals surface area contributed by atoms with E-state index in [9.17, 15) is 0 Å². The Morgan fingerprint density at radius 2 is 2.67 bits per heavy atom. The zero-order valence-electron chi connectivity index (χ0n) is 3.19. The van der Waals surface area contributed by atoms with E-state index in [1.807, 2.05) is 12.3 Å². The van der Waals surface area contributed by atoms with Crippen LogP contribution in [0.4, 0.5) is 0 Å². The van der Waals surface area contributed by atoms with Gasteiger partial charge in [0.1, 0.15) is 0 Å². The molecule has 0 spiro atoms. The summed E-state index contributed by atoms with van der Waals surface area (Å²) in [5.74, 6) is 0. The van der Waals surface area contributed by atoms with E-state index in [0.29, 0.717) is 0 Å². The molecule has 0 N–H and O–H groups in total. The van der Waals surface area contributed by atoms with E-state index in [2.05, 4.69) is 27.6 Å². The molecular formula is C4H4IN. The van der Waals surface area contributed by atoms with Crippen molar-refractivity contribution in [2.24, 2.45) is 4.99 Å². The Balaban J connectivity index is 2.61. The van der Waals surface area contributed by atoms with Crippen LogP contribution in [0.3, 0.4) is 0 Å². The van der Waals surface area contributed by atoms with E-state index in [0.717, 1.165) is 6.42 Å². The molecule has 1 aliphatic heterocycles. The molecule has 0 saturated carbocycles. The molecule has 0 aromatic heterocycles. The van der Waals surface area contributed by atoms with Crippen LogP contribution in [0.5, 0.6) is 0 Å². The Morgan fingerprint density at radius 1 is 1.83 bits per heavy atom. The zero-order chi connectivity index (χ0) is 4.41. The summed E-state index contributed by atoms with van der Waals surface area (Å²) in [6.07, 6.45) is 4.92. The maximum Gasteiger partial charge on any atom is 0.0821 e.